The molecule has 0 aromatic heterocycles. The molecular formula is C10H20O2S. The van der Waals surface area contributed by atoms with Crippen molar-refractivity contribution >= 4 is 18.6 Å². The van der Waals surface area contributed by atoms with Gasteiger partial charge in [0.25, 0.3) is 0 Å². The fourth-order valence-corrected chi connectivity index (χ4v) is 1.55. The Hall–Kier alpha value is -0.180. The van der Waals surface area contributed by atoms with Crippen molar-refractivity contribution in [2.45, 2.75) is 52.1 Å². The minimum atomic E-state index is -0.178. The van der Waals surface area contributed by atoms with Crippen molar-refractivity contribution in [1.29, 1.82) is 0 Å². The molecule has 0 rings (SSSR count). The van der Waals surface area contributed by atoms with Gasteiger partial charge in [0.1, 0.15) is 6.10 Å². The van der Waals surface area contributed by atoms with Crippen molar-refractivity contribution in [2.75, 3.05) is 5.75 Å². The molecule has 0 aliphatic rings. The Morgan fingerprint density at radius 1 is 1.38 bits per heavy atom. The summed E-state index contributed by atoms with van der Waals surface area (Å²) in [4.78, 5) is 10.7. The lowest BCUT2D eigenvalue weighted by molar-refractivity contribution is -0.146. The minimum Gasteiger partial charge on any atom is -0.463 e. The van der Waals surface area contributed by atoms with Crippen LogP contribution in [0.4, 0.5) is 0 Å². The van der Waals surface area contributed by atoms with E-state index in [0.29, 0.717) is 0 Å². The lowest BCUT2D eigenvalue weighted by Gasteiger charge is -2.15. The maximum absolute atomic E-state index is 10.7. The van der Waals surface area contributed by atoms with E-state index in [0.717, 1.165) is 25.0 Å². The molecule has 0 aliphatic carbocycles. The summed E-state index contributed by atoms with van der Waals surface area (Å²) in [7, 11) is 0. The van der Waals surface area contributed by atoms with E-state index in [-0.39, 0.29) is 12.1 Å². The van der Waals surface area contributed by atoms with Crippen molar-refractivity contribution in [1.82, 2.24) is 0 Å². The van der Waals surface area contributed by atoms with Gasteiger partial charge in [-0.05, 0) is 25.0 Å². The largest absolute Gasteiger partial charge is 0.463 e. The molecule has 0 aromatic rings. The third-order valence-electron chi connectivity index (χ3n) is 1.91. The first kappa shape index (κ1) is 12.8. The Morgan fingerprint density at radius 3 is 2.54 bits per heavy atom. The molecule has 0 heterocycles. The zero-order chi connectivity index (χ0) is 10.1. The molecule has 0 amide bonds. The monoisotopic (exact) mass is 204 g/mol. The number of hydrogen-bond donors (Lipinski definition) is 1. The standard InChI is InChI=1S/C10H20O2S/c1-3-4-5-6-10(7-8-13)12-9(2)11/h10,13H,3-8H2,1-2H3. The van der Waals surface area contributed by atoms with E-state index in [4.69, 9.17) is 4.74 Å². The van der Waals surface area contributed by atoms with E-state index in [1.165, 1.54) is 19.8 Å². The second-order valence-electron chi connectivity index (χ2n) is 3.24. The van der Waals surface area contributed by atoms with Crippen LogP contribution in [0.3, 0.4) is 0 Å². The highest BCUT2D eigenvalue weighted by molar-refractivity contribution is 7.80. The van der Waals surface area contributed by atoms with Crippen LogP contribution >= 0.6 is 12.6 Å². The average molecular weight is 204 g/mol. The number of carbonyl (C=O) groups is 1. The van der Waals surface area contributed by atoms with E-state index < -0.39 is 0 Å². The van der Waals surface area contributed by atoms with Gasteiger partial charge in [0.2, 0.25) is 0 Å². The first-order valence-electron chi connectivity index (χ1n) is 4.98. The molecule has 78 valence electrons. The van der Waals surface area contributed by atoms with Crippen molar-refractivity contribution in [2.24, 2.45) is 0 Å². The van der Waals surface area contributed by atoms with Gasteiger partial charge in [-0.25, -0.2) is 0 Å². The molecule has 0 radical (unpaired) electrons. The van der Waals surface area contributed by atoms with Crippen LogP contribution in [-0.2, 0) is 9.53 Å². The van der Waals surface area contributed by atoms with E-state index in [2.05, 4.69) is 19.6 Å². The van der Waals surface area contributed by atoms with Gasteiger partial charge < -0.3 is 4.74 Å². The van der Waals surface area contributed by atoms with Gasteiger partial charge in [-0.15, -0.1) is 0 Å². The lowest BCUT2D eigenvalue weighted by atomic mass is 10.1. The summed E-state index contributed by atoms with van der Waals surface area (Å²) in [6.07, 6.45) is 5.49. The summed E-state index contributed by atoms with van der Waals surface area (Å²) < 4.78 is 5.15. The number of unbranched alkanes of at least 4 members (excludes halogenated alkanes) is 2. The Bertz CT molecular complexity index is 137. The Labute approximate surface area is 86.5 Å². The Morgan fingerprint density at radius 2 is 2.08 bits per heavy atom. The topological polar surface area (TPSA) is 26.3 Å². The van der Waals surface area contributed by atoms with Crippen LogP contribution in [-0.4, -0.2) is 17.8 Å². The average Bonchev–Trinajstić information content (AvgIpc) is 2.04. The van der Waals surface area contributed by atoms with E-state index in [1.54, 1.807) is 0 Å². The summed E-state index contributed by atoms with van der Waals surface area (Å²) >= 11 is 4.14. The molecule has 0 saturated carbocycles. The van der Waals surface area contributed by atoms with E-state index >= 15 is 0 Å². The van der Waals surface area contributed by atoms with Crippen LogP contribution in [0.15, 0.2) is 0 Å². The predicted octanol–water partition coefficient (Wildman–Crippen LogP) is 2.82. The Balaban J connectivity index is 3.59. The van der Waals surface area contributed by atoms with Crippen LogP contribution in [0.25, 0.3) is 0 Å². The van der Waals surface area contributed by atoms with Gasteiger partial charge in [0, 0.05) is 6.92 Å². The van der Waals surface area contributed by atoms with Gasteiger partial charge in [-0.1, -0.05) is 19.8 Å². The van der Waals surface area contributed by atoms with Gasteiger partial charge in [0.15, 0.2) is 0 Å². The molecule has 1 unspecified atom stereocenters. The number of esters is 1. The van der Waals surface area contributed by atoms with Crippen LogP contribution in [0, 0.1) is 0 Å². The fraction of sp³-hybridized carbons (Fsp3) is 0.900. The second-order valence-corrected chi connectivity index (χ2v) is 3.69. The molecule has 0 N–H and O–H groups in total. The molecule has 1 atom stereocenters. The normalized spacial score (nSPS) is 12.5. The van der Waals surface area contributed by atoms with Crippen LogP contribution in [0.5, 0.6) is 0 Å². The van der Waals surface area contributed by atoms with Gasteiger partial charge in [-0.2, -0.15) is 12.6 Å². The maximum Gasteiger partial charge on any atom is 0.302 e. The first-order valence-corrected chi connectivity index (χ1v) is 5.62. The van der Waals surface area contributed by atoms with E-state index in [1.807, 2.05) is 0 Å². The zero-order valence-electron chi connectivity index (χ0n) is 8.58. The predicted molar refractivity (Wildman–Crippen MR) is 58.2 cm³/mol. The molecule has 0 bridgehead atoms. The number of rotatable bonds is 7. The van der Waals surface area contributed by atoms with Crippen molar-refractivity contribution in [3.05, 3.63) is 0 Å². The molecular weight excluding hydrogens is 184 g/mol. The summed E-state index contributed by atoms with van der Waals surface area (Å²) in [5.74, 6) is 0.604. The summed E-state index contributed by atoms with van der Waals surface area (Å²) in [6.45, 7) is 3.63. The quantitative estimate of drug-likeness (QED) is 0.392. The molecule has 0 spiro atoms. The molecule has 13 heavy (non-hydrogen) atoms. The minimum absolute atomic E-state index is 0.0848. The number of carbonyl (C=O) groups excluding carboxylic acids is 1. The van der Waals surface area contributed by atoms with E-state index in [9.17, 15) is 4.79 Å². The molecule has 0 fully saturated rings. The van der Waals surface area contributed by atoms with Gasteiger partial charge in [-0.3, -0.25) is 4.79 Å². The highest BCUT2D eigenvalue weighted by atomic mass is 32.1. The van der Waals surface area contributed by atoms with Crippen LogP contribution < -0.4 is 0 Å². The summed E-state index contributed by atoms with van der Waals surface area (Å²) in [5, 5.41) is 0. The lowest BCUT2D eigenvalue weighted by Crippen LogP contribution is -2.16. The van der Waals surface area contributed by atoms with Crippen LogP contribution in [0.2, 0.25) is 0 Å². The zero-order valence-corrected chi connectivity index (χ0v) is 9.48. The SMILES string of the molecule is CCCCCC(CCS)OC(C)=O. The summed E-state index contributed by atoms with van der Waals surface area (Å²) in [6, 6.07) is 0. The molecule has 3 heteroatoms. The maximum atomic E-state index is 10.7. The number of ether oxygens (including phenoxy) is 1. The molecule has 0 aromatic carbocycles. The van der Waals surface area contributed by atoms with Gasteiger partial charge in [0.05, 0.1) is 0 Å². The highest BCUT2D eigenvalue weighted by Crippen LogP contribution is 2.11. The third kappa shape index (κ3) is 8.16. The molecule has 0 saturated heterocycles. The van der Waals surface area contributed by atoms with Crippen molar-refractivity contribution in [3.63, 3.8) is 0 Å². The van der Waals surface area contributed by atoms with Crippen molar-refractivity contribution < 1.29 is 9.53 Å². The molecule has 2 nitrogen and oxygen atoms in total. The smallest absolute Gasteiger partial charge is 0.302 e. The first-order chi connectivity index (χ1) is 6.20. The number of hydrogen-bond acceptors (Lipinski definition) is 3. The number of thiol groups is 1. The Kier molecular flexibility index (Phi) is 8.30. The van der Waals surface area contributed by atoms with Gasteiger partial charge >= 0.3 is 5.97 Å². The van der Waals surface area contributed by atoms with Crippen LogP contribution in [0.1, 0.15) is 46.0 Å². The fourth-order valence-electron chi connectivity index (χ4n) is 1.26. The second kappa shape index (κ2) is 8.42. The third-order valence-corrected chi connectivity index (χ3v) is 2.17. The highest BCUT2D eigenvalue weighted by Gasteiger charge is 2.09. The summed E-state index contributed by atoms with van der Waals surface area (Å²) in [5.41, 5.74) is 0. The molecule has 0 aliphatic heterocycles. The van der Waals surface area contributed by atoms with Crippen molar-refractivity contribution in [3.8, 4) is 0 Å².